The summed E-state index contributed by atoms with van der Waals surface area (Å²) in [5.41, 5.74) is 8.82. The van der Waals surface area contributed by atoms with E-state index in [0.717, 1.165) is 33.8 Å². The van der Waals surface area contributed by atoms with Gasteiger partial charge in [-0.25, -0.2) is 0 Å². The third kappa shape index (κ3) is 2.11. The fraction of sp³-hybridized carbons (Fsp3) is 0. The lowest BCUT2D eigenvalue weighted by Gasteiger charge is -2.16. The van der Waals surface area contributed by atoms with E-state index in [0.29, 0.717) is 0 Å². The molecule has 0 unspecified atom stereocenters. The zero-order valence-electron chi connectivity index (χ0n) is 11.9. The SMILES string of the molecule is C=C1NN=C(c2ccncc2)C=C1c1cc2ccccc2[nH]1. The number of allylic oxidation sites excluding steroid dienone is 2. The lowest BCUT2D eigenvalue weighted by Crippen LogP contribution is -2.16. The maximum absolute atomic E-state index is 4.36. The minimum atomic E-state index is 0.782. The Hall–Kier alpha value is -3.14. The molecule has 1 aromatic carbocycles. The molecular weight excluding hydrogens is 272 g/mol. The van der Waals surface area contributed by atoms with Crippen LogP contribution in [0.3, 0.4) is 0 Å². The lowest BCUT2D eigenvalue weighted by molar-refractivity contribution is 0.919. The molecule has 22 heavy (non-hydrogen) atoms. The number of hydrazone groups is 1. The minimum absolute atomic E-state index is 0.782. The Morgan fingerprint density at radius 1 is 1.00 bits per heavy atom. The Bertz CT molecular complexity index is 883. The first-order chi connectivity index (χ1) is 10.8. The average molecular weight is 286 g/mol. The van der Waals surface area contributed by atoms with Crippen LogP contribution >= 0.6 is 0 Å². The standard InChI is InChI=1S/C18H14N4/c1-12-15(18-10-14-4-2-3-5-16(14)20-18)11-17(22-21-12)13-6-8-19-9-7-13/h2-11,20-21H,1H2. The number of aromatic amines is 1. The molecule has 0 saturated heterocycles. The molecule has 0 fully saturated rings. The van der Waals surface area contributed by atoms with Gasteiger partial charge in [0.2, 0.25) is 0 Å². The molecule has 0 bridgehead atoms. The molecule has 4 nitrogen and oxygen atoms in total. The first kappa shape index (κ1) is 12.6. The van der Waals surface area contributed by atoms with E-state index in [9.17, 15) is 0 Å². The van der Waals surface area contributed by atoms with Crippen LogP contribution in [0.4, 0.5) is 0 Å². The molecule has 2 aromatic heterocycles. The Morgan fingerprint density at radius 3 is 2.64 bits per heavy atom. The second-order valence-corrected chi connectivity index (χ2v) is 5.15. The maximum atomic E-state index is 4.36. The lowest BCUT2D eigenvalue weighted by atomic mass is 10.0. The summed E-state index contributed by atoms with van der Waals surface area (Å²) in [6, 6.07) is 14.2. The summed E-state index contributed by atoms with van der Waals surface area (Å²) >= 11 is 0. The fourth-order valence-corrected chi connectivity index (χ4v) is 2.57. The number of pyridine rings is 1. The van der Waals surface area contributed by atoms with Crippen LogP contribution in [-0.4, -0.2) is 15.7 Å². The van der Waals surface area contributed by atoms with Gasteiger partial charge in [0.05, 0.1) is 11.4 Å². The molecule has 0 spiro atoms. The van der Waals surface area contributed by atoms with E-state index in [4.69, 9.17) is 0 Å². The van der Waals surface area contributed by atoms with Crippen molar-refractivity contribution in [3.05, 3.63) is 84.5 Å². The van der Waals surface area contributed by atoms with E-state index in [2.05, 4.69) is 45.3 Å². The summed E-state index contributed by atoms with van der Waals surface area (Å²) in [5.74, 6) is 0. The van der Waals surface area contributed by atoms with E-state index in [-0.39, 0.29) is 0 Å². The second kappa shape index (κ2) is 5.00. The van der Waals surface area contributed by atoms with Gasteiger partial charge in [0, 0.05) is 40.1 Å². The number of aromatic nitrogens is 2. The van der Waals surface area contributed by atoms with Gasteiger partial charge in [-0.15, -0.1) is 0 Å². The van der Waals surface area contributed by atoms with Gasteiger partial charge < -0.3 is 4.98 Å². The molecule has 0 radical (unpaired) electrons. The van der Waals surface area contributed by atoms with Gasteiger partial charge in [-0.1, -0.05) is 24.8 Å². The van der Waals surface area contributed by atoms with Gasteiger partial charge in [-0.2, -0.15) is 5.10 Å². The van der Waals surface area contributed by atoms with Crippen LogP contribution in [0, 0.1) is 0 Å². The number of nitrogens with one attached hydrogen (secondary N) is 2. The summed E-state index contributed by atoms with van der Waals surface area (Å²) in [4.78, 5) is 7.47. The Labute approximate surface area is 127 Å². The molecule has 0 saturated carbocycles. The first-order valence-corrected chi connectivity index (χ1v) is 7.04. The maximum Gasteiger partial charge on any atom is 0.0914 e. The van der Waals surface area contributed by atoms with Crippen molar-refractivity contribution in [1.29, 1.82) is 0 Å². The highest BCUT2D eigenvalue weighted by molar-refractivity contribution is 6.14. The summed E-state index contributed by atoms with van der Waals surface area (Å²) in [6.45, 7) is 4.05. The van der Waals surface area contributed by atoms with E-state index in [1.165, 1.54) is 5.39 Å². The van der Waals surface area contributed by atoms with Crippen LogP contribution in [0.25, 0.3) is 16.5 Å². The number of rotatable bonds is 2. The summed E-state index contributed by atoms with van der Waals surface area (Å²) in [5, 5.41) is 5.54. The highest BCUT2D eigenvalue weighted by atomic mass is 15.3. The summed E-state index contributed by atoms with van der Waals surface area (Å²) in [7, 11) is 0. The highest BCUT2D eigenvalue weighted by Crippen LogP contribution is 2.26. The fourth-order valence-electron chi connectivity index (χ4n) is 2.57. The van der Waals surface area contributed by atoms with Gasteiger partial charge in [0.25, 0.3) is 0 Å². The van der Waals surface area contributed by atoms with E-state index < -0.39 is 0 Å². The van der Waals surface area contributed by atoms with Crippen molar-refractivity contribution in [2.75, 3.05) is 0 Å². The third-order valence-electron chi connectivity index (χ3n) is 3.71. The molecule has 106 valence electrons. The molecule has 0 aliphatic carbocycles. The van der Waals surface area contributed by atoms with Crippen molar-refractivity contribution < 1.29 is 0 Å². The van der Waals surface area contributed by atoms with Crippen molar-refractivity contribution in [3.8, 4) is 0 Å². The van der Waals surface area contributed by atoms with E-state index >= 15 is 0 Å². The topological polar surface area (TPSA) is 53.1 Å². The molecule has 4 rings (SSSR count). The molecule has 4 heteroatoms. The van der Waals surface area contributed by atoms with Crippen molar-refractivity contribution in [3.63, 3.8) is 0 Å². The normalized spacial score (nSPS) is 14.5. The second-order valence-electron chi connectivity index (χ2n) is 5.15. The average Bonchev–Trinajstić information content (AvgIpc) is 3.00. The van der Waals surface area contributed by atoms with Crippen LogP contribution in [0.5, 0.6) is 0 Å². The molecule has 1 aliphatic heterocycles. The van der Waals surface area contributed by atoms with Gasteiger partial charge in [-0.05, 0) is 30.3 Å². The number of H-pyrrole nitrogens is 1. The predicted molar refractivity (Wildman–Crippen MR) is 89.3 cm³/mol. The number of hydrogen-bond donors (Lipinski definition) is 2. The largest absolute Gasteiger partial charge is 0.354 e. The Morgan fingerprint density at radius 2 is 1.82 bits per heavy atom. The summed E-state index contributed by atoms with van der Waals surface area (Å²) in [6.07, 6.45) is 5.56. The molecule has 0 atom stereocenters. The monoisotopic (exact) mass is 286 g/mol. The zero-order valence-corrected chi connectivity index (χ0v) is 11.9. The van der Waals surface area contributed by atoms with Crippen LogP contribution in [-0.2, 0) is 0 Å². The number of hydrogen-bond acceptors (Lipinski definition) is 3. The molecule has 1 aliphatic rings. The number of benzene rings is 1. The quantitative estimate of drug-likeness (QED) is 0.758. The van der Waals surface area contributed by atoms with Crippen molar-refractivity contribution in [2.45, 2.75) is 0 Å². The van der Waals surface area contributed by atoms with Gasteiger partial charge in [0.1, 0.15) is 0 Å². The zero-order chi connectivity index (χ0) is 14.9. The minimum Gasteiger partial charge on any atom is -0.354 e. The number of nitrogens with zero attached hydrogens (tertiary/aromatic N) is 2. The van der Waals surface area contributed by atoms with E-state index in [1.54, 1.807) is 12.4 Å². The molecule has 3 aromatic rings. The highest BCUT2D eigenvalue weighted by Gasteiger charge is 2.15. The number of para-hydroxylation sites is 1. The smallest absolute Gasteiger partial charge is 0.0914 e. The van der Waals surface area contributed by atoms with Gasteiger partial charge in [-0.3, -0.25) is 10.4 Å². The molecule has 2 N–H and O–H groups in total. The van der Waals surface area contributed by atoms with Crippen molar-refractivity contribution >= 4 is 22.2 Å². The van der Waals surface area contributed by atoms with Crippen LogP contribution < -0.4 is 5.43 Å². The Kier molecular flexibility index (Phi) is 2.86. The molecular formula is C18H14N4. The number of fused-ring (bicyclic) bond motifs is 1. The predicted octanol–water partition coefficient (Wildman–Crippen LogP) is 3.47. The molecule has 3 heterocycles. The van der Waals surface area contributed by atoms with Crippen LogP contribution in [0.15, 0.2) is 78.3 Å². The van der Waals surface area contributed by atoms with Crippen LogP contribution in [0.2, 0.25) is 0 Å². The molecule has 0 amide bonds. The van der Waals surface area contributed by atoms with Crippen molar-refractivity contribution in [2.24, 2.45) is 5.10 Å². The van der Waals surface area contributed by atoms with Gasteiger partial charge >= 0.3 is 0 Å². The third-order valence-corrected chi connectivity index (χ3v) is 3.71. The van der Waals surface area contributed by atoms with Crippen molar-refractivity contribution in [1.82, 2.24) is 15.4 Å². The summed E-state index contributed by atoms with van der Waals surface area (Å²) < 4.78 is 0. The van der Waals surface area contributed by atoms with E-state index in [1.807, 2.05) is 30.3 Å². The first-order valence-electron chi connectivity index (χ1n) is 7.04. The Balaban J connectivity index is 1.80. The van der Waals surface area contributed by atoms with Gasteiger partial charge in [0.15, 0.2) is 0 Å². The van der Waals surface area contributed by atoms with Crippen LogP contribution in [0.1, 0.15) is 11.3 Å².